The van der Waals surface area contributed by atoms with E-state index in [4.69, 9.17) is 23.7 Å². The molecule has 1 aliphatic heterocycles. The van der Waals surface area contributed by atoms with Gasteiger partial charge in [0.05, 0.1) is 60.8 Å². The average Bonchev–Trinajstić information content (AvgIpc) is 3.25. The molecule has 3 aromatic rings. The Morgan fingerprint density at radius 3 is 2.38 bits per heavy atom. The number of thiazole rings is 1. The van der Waals surface area contributed by atoms with Crippen LogP contribution in [0.5, 0.6) is 23.0 Å². The monoisotopic (exact) mass is 597 g/mol. The number of rotatable bonds is 10. The van der Waals surface area contributed by atoms with E-state index < -0.39 is 22.5 Å². The number of benzene rings is 2. The lowest BCUT2D eigenvalue weighted by Crippen LogP contribution is -2.40. The molecule has 0 aliphatic carbocycles. The second kappa shape index (κ2) is 12.5. The fraction of sp³-hybridized carbons (Fsp3) is 0.345. The van der Waals surface area contributed by atoms with Crippen molar-refractivity contribution in [2.75, 3.05) is 27.9 Å². The van der Waals surface area contributed by atoms with Crippen LogP contribution in [0.3, 0.4) is 0 Å². The minimum Gasteiger partial charge on any atom is -0.496 e. The number of fused-ring (bicyclic) bond motifs is 1. The molecule has 4 rings (SSSR count). The molecule has 12 nitrogen and oxygen atoms in total. The van der Waals surface area contributed by atoms with Gasteiger partial charge in [0.1, 0.15) is 5.75 Å². The van der Waals surface area contributed by atoms with Crippen molar-refractivity contribution in [1.29, 1.82) is 0 Å². The van der Waals surface area contributed by atoms with Crippen LogP contribution in [-0.4, -0.2) is 49.5 Å². The maximum atomic E-state index is 14.0. The number of aromatic nitrogens is 1. The Morgan fingerprint density at radius 2 is 1.79 bits per heavy atom. The Balaban J connectivity index is 1.98. The van der Waals surface area contributed by atoms with Crippen LogP contribution >= 0.6 is 11.3 Å². The Morgan fingerprint density at radius 1 is 1.10 bits per heavy atom. The Labute approximate surface area is 245 Å². The molecule has 2 aromatic carbocycles. The molecule has 0 N–H and O–H groups in total. The van der Waals surface area contributed by atoms with Gasteiger partial charge in [0.25, 0.3) is 5.56 Å². The molecule has 0 spiro atoms. The van der Waals surface area contributed by atoms with Crippen molar-refractivity contribution >= 4 is 29.1 Å². The summed E-state index contributed by atoms with van der Waals surface area (Å²) in [6.07, 6.45) is 1.39. The van der Waals surface area contributed by atoms with Gasteiger partial charge in [0.2, 0.25) is 5.75 Å². The lowest BCUT2D eigenvalue weighted by atomic mass is 9.95. The van der Waals surface area contributed by atoms with Crippen LogP contribution in [0.2, 0.25) is 0 Å². The van der Waals surface area contributed by atoms with Gasteiger partial charge in [0.15, 0.2) is 16.3 Å². The van der Waals surface area contributed by atoms with E-state index in [1.807, 2.05) is 13.8 Å². The first-order chi connectivity index (χ1) is 20.0. The number of carbonyl (C=O) groups is 1. The predicted octanol–water partition coefficient (Wildman–Crippen LogP) is 3.52. The van der Waals surface area contributed by atoms with Crippen LogP contribution in [-0.2, 0) is 9.53 Å². The molecular weight excluding hydrogens is 566 g/mol. The minimum absolute atomic E-state index is 0.0176. The summed E-state index contributed by atoms with van der Waals surface area (Å²) in [4.78, 5) is 43.2. The zero-order valence-electron chi connectivity index (χ0n) is 24.3. The van der Waals surface area contributed by atoms with Crippen LogP contribution in [0.1, 0.15) is 44.9 Å². The number of methoxy groups -OCH3 is 3. The number of ether oxygens (including phenoxy) is 5. The van der Waals surface area contributed by atoms with Crippen LogP contribution < -0.4 is 33.8 Å². The Kier molecular flexibility index (Phi) is 9.00. The van der Waals surface area contributed by atoms with Crippen LogP contribution in [0, 0.1) is 10.1 Å². The summed E-state index contributed by atoms with van der Waals surface area (Å²) in [5.41, 5.74) is 0.723. The zero-order valence-corrected chi connectivity index (χ0v) is 25.1. The first kappa shape index (κ1) is 30.3. The first-order valence-corrected chi connectivity index (χ1v) is 13.8. The summed E-state index contributed by atoms with van der Waals surface area (Å²) in [5.74, 6) is 0.622. The standard InChI is InChI=1S/C29H31N3O9S/c1-8-40-28(34)25-16(4)30-29-31(26(25)17-9-10-20(41-15(2)3)23(12-17)39-7)27(33)24(42-29)13-18-11-19(32(35)36)22(38-6)14-21(18)37-5/h9-15,26H,8H2,1-7H3/b24-13-/t26-/m0/s1. The van der Waals surface area contributed by atoms with E-state index in [1.165, 1.54) is 44.1 Å². The molecule has 0 radical (unpaired) electrons. The number of allylic oxidation sites excluding steroid dienone is 1. The normalized spacial score (nSPS) is 14.8. The number of nitro groups is 1. The van der Waals surface area contributed by atoms with E-state index >= 15 is 0 Å². The quantitative estimate of drug-likeness (QED) is 0.195. The van der Waals surface area contributed by atoms with E-state index in [9.17, 15) is 19.7 Å². The third-order valence-corrected chi connectivity index (χ3v) is 7.38. The highest BCUT2D eigenvalue weighted by molar-refractivity contribution is 7.07. The average molecular weight is 598 g/mol. The van der Waals surface area contributed by atoms with Crippen molar-refractivity contribution in [2.24, 2.45) is 4.99 Å². The number of hydrogen-bond donors (Lipinski definition) is 0. The second-order valence-electron chi connectivity index (χ2n) is 9.40. The van der Waals surface area contributed by atoms with E-state index in [1.54, 1.807) is 32.0 Å². The molecule has 42 heavy (non-hydrogen) atoms. The molecule has 1 atom stereocenters. The van der Waals surface area contributed by atoms with Crippen molar-refractivity contribution in [3.05, 3.63) is 82.5 Å². The highest BCUT2D eigenvalue weighted by Gasteiger charge is 2.34. The van der Waals surface area contributed by atoms with Gasteiger partial charge in [-0.05, 0) is 51.5 Å². The van der Waals surface area contributed by atoms with Gasteiger partial charge in [-0.25, -0.2) is 9.79 Å². The number of esters is 1. The molecule has 0 fully saturated rings. The maximum Gasteiger partial charge on any atom is 0.338 e. The smallest absolute Gasteiger partial charge is 0.338 e. The van der Waals surface area contributed by atoms with Gasteiger partial charge < -0.3 is 23.7 Å². The SMILES string of the molecule is CCOC(=O)C1=C(C)N=c2s/c(=C\c3cc([N+](=O)[O-])c(OC)cc3OC)c(=O)n2[C@H]1c1ccc(OC(C)C)c(OC)c1. The molecule has 0 saturated heterocycles. The van der Waals surface area contributed by atoms with Gasteiger partial charge in [-0.15, -0.1) is 0 Å². The van der Waals surface area contributed by atoms with E-state index in [-0.39, 0.29) is 40.0 Å². The topological polar surface area (TPSA) is 141 Å². The van der Waals surface area contributed by atoms with Crippen molar-refractivity contribution in [2.45, 2.75) is 39.8 Å². The highest BCUT2D eigenvalue weighted by atomic mass is 32.1. The van der Waals surface area contributed by atoms with E-state index in [0.29, 0.717) is 33.1 Å². The zero-order chi connectivity index (χ0) is 30.7. The molecule has 1 aliphatic rings. The minimum atomic E-state index is -0.892. The van der Waals surface area contributed by atoms with E-state index in [0.717, 1.165) is 11.3 Å². The maximum absolute atomic E-state index is 14.0. The van der Waals surface area contributed by atoms with Crippen LogP contribution in [0.4, 0.5) is 5.69 Å². The van der Waals surface area contributed by atoms with Gasteiger partial charge in [-0.3, -0.25) is 19.5 Å². The highest BCUT2D eigenvalue weighted by Crippen LogP contribution is 2.37. The van der Waals surface area contributed by atoms with Crippen molar-refractivity contribution < 1.29 is 33.4 Å². The first-order valence-electron chi connectivity index (χ1n) is 13.0. The Bertz CT molecular complexity index is 1750. The number of carbonyl (C=O) groups excluding carboxylic acids is 1. The molecule has 0 amide bonds. The number of hydrogen-bond acceptors (Lipinski definition) is 11. The third-order valence-electron chi connectivity index (χ3n) is 6.40. The second-order valence-corrected chi connectivity index (χ2v) is 10.4. The molecule has 0 unspecified atom stereocenters. The van der Waals surface area contributed by atoms with Crippen molar-refractivity contribution in [3.8, 4) is 23.0 Å². The summed E-state index contributed by atoms with van der Waals surface area (Å²) >= 11 is 1.08. The predicted molar refractivity (Wildman–Crippen MR) is 155 cm³/mol. The fourth-order valence-corrected chi connectivity index (χ4v) is 5.65. The molecule has 222 valence electrons. The van der Waals surface area contributed by atoms with Crippen LogP contribution in [0.25, 0.3) is 6.08 Å². The Hall–Kier alpha value is -4.65. The van der Waals surface area contributed by atoms with Crippen molar-refractivity contribution in [3.63, 3.8) is 0 Å². The van der Waals surface area contributed by atoms with E-state index in [2.05, 4.69) is 4.99 Å². The van der Waals surface area contributed by atoms with Crippen molar-refractivity contribution in [1.82, 2.24) is 4.57 Å². The van der Waals surface area contributed by atoms with Gasteiger partial charge in [-0.2, -0.15) is 0 Å². The number of nitro benzene ring substituents is 1. The largest absolute Gasteiger partial charge is 0.496 e. The molecule has 13 heteroatoms. The number of nitrogens with zero attached hydrogens (tertiary/aromatic N) is 3. The molecule has 0 bridgehead atoms. The third kappa shape index (κ3) is 5.73. The van der Waals surface area contributed by atoms with Gasteiger partial charge in [0, 0.05) is 17.7 Å². The molecular formula is C29H31N3O9S. The molecule has 0 saturated carbocycles. The summed E-state index contributed by atoms with van der Waals surface area (Å²) in [6, 6.07) is 6.98. The van der Waals surface area contributed by atoms with Crippen LogP contribution in [0.15, 0.2) is 51.4 Å². The summed E-state index contributed by atoms with van der Waals surface area (Å²) in [6.45, 7) is 7.29. The lowest BCUT2D eigenvalue weighted by molar-refractivity contribution is -0.385. The molecule has 2 heterocycles. The fourth-order valence-electron chi connectivity index (χ4n) is 4.62. The molecule has 1 aromatic heterocycles. The summed E-state index contributed by atoms with van der Waals surface area (Å²) in [5, 5.41) is 11.7. The summed E-state index contributed by atoms with van der Waals surface area (Å²) in [7, 11) is 4.24. The summed E-state index contributed by atoms with van der Waals surface area (Å²) < 4.78 is 29.0. The van der Waals surface area contributed by atoms with Gasteiger partial charge in [-0.1, -0.05) is 17.4 Å². The lowest BCUT2D eigenvalue weighted by Gasteiger charge is -2.25. The van der Waals surface area contributed by atoms with Gasteiger partial charge >= 0.3 is 11.7 Å².